The van der Waals surface area contributed by atoms with Gasteiger partial charge in [-0.3, -0.25) is 0 Å². The van der Waals surface area contributed by atoms with Gasteiger partial charge in [-0.1, -0.05) is 15.9 Å². The molecule has 0 spiro atoms. The van der Waals surface area contributed by atoms with Gasteiger partial charge in [0.05, 0.1) is 14.2 Å². The monoisotopic (exact) mass is 418 g/mol. The van der Waals surface area contributed by atoms with Crippen molar-refractivity contribution in [2.24, 2.45) is 0 Å². The molecule has 1 heterocycles. The van der Waals surface area contributed by atoms with Gasteiger partial charge >= 0.3 is 5.63 Å². The molecule has 0 aliphatic heterocycles. The second-order valence-electron chi connectivity index (χ2n) is 6.14. The van der Waals surface area contributed by atoms with Gasteiger partial charge < -0.3 is 18.8 Å². The maximum atomic E-state index is 11.9. The third-order valence-corrected chi connectivity index (χ3v) is 4.67. The summed E-state index contributed by atoms with van der Waals surface area (Å²) in [7, 11) is 3.67. The molecule has 6 heteroatoms. The summed E-state index contributed by atoms with van der Waals surface area (Å²) in [4.78, 5) is 13.1. The number of rotatable bonds is 7. The molecule has 1 atom stereocenters. The summed E-state index contributed by atoms with van der Waals surface area (Å²) in [5.74, 6) is 1.51. The fraction of sp³-hybridized carbons (Fsp3) is 0.250. The van der Waals surface area contributed by atoms with Crippen LogP contribution in [0.2, 0.25) is 0 Å². The SMILES string of the molecule is COc1ccc2c(C[NH+](C)CCOc3ccc(Br)cc3)cc(=O)oc2c1. The molecule has 0 aliphatic rings. The minimum Gasteiger partial charge on any atom is -0.497 e. The van der Waals surface area contributed by atoms with Crippen LogP contribution in [0.3, 0.4) is 0 Å². The summed E-state index contributed by atoms with van der Waals surface area (Å²) in [5.41, 5.74) is 1.16. The molecular formula is C20H21BrNO4+. The lowest BCUT2D eigenvalue weighted by molar-refractivity contribution is -0.893. The molecular weight excluding hydrogens is 398 g/mol. The smallest absolute Gasteiger partial charge is 0.336 e. The summed E-state index contributed by atoms with van der Waals surface area (Å²) in [6.07, 6.45) is 0. The number of nitrogens with one attached hydrogen (secondary N) is 1. The lowest BCUT2D eigenvalue weighted by Crippen LogP contribution is -3.08. The largest absolute Gasteiger partial charge is 0.497 e. The first-order valence-corrected chi connectivity index (χ1v) is 9.15. The minimum atomic E-state index is -0.348. The molecule has 26 heavy (non-hydrogen) atoms. The van der Waals surface area contributed by atoms with Crippen molar-refractivity contribution < 1.29 is 18.8 Å². The van der Waals surface area contributed by atoms with Crippen LogP contribution in [0.15, 0.2) is 62.2 Å². The van der Waals surface area contributed by atoms with Crippen molar-refractivity contribution >= 4 is 26.9 Å². The molecule has 136 valence electrons. The molecule has 5 nitrogen and oxygen atoms in total. The lowest BCUT2D eigenvalue weighted by atomic mass is 10.1. The van der Waals surface area contributed by atoms with Crippen LogP contribution in [0, 0.1) is 0 Å². The highest BCUT2D eigenvalue weighted by Gasteiger charge is 2.11. The van der Waals surface area contributed by atoms with E-state index < -0.39 is 0 Å². The van der Waals surface area contributed by atoms with Crippen LogP contribution in [-0.2, 0) is 6.54 Å². The number of halogens is 1. The Morgan fingerprint density at radius 3 is 2.54 bits per heavy atom. The first kappa shape index (κ1) is 18.5. The van der Waals surface area contributed by atoms with Crippen molar-refractivity contribution in [3.8, 4) is 11.5 Å². The first-order chi connectivity index (χ1) is 12.5. The fourth-order valence-corrected chi connectivity index (χ4v) is 3.04. The maximum Gasteiger partial charge on any atom is 0.336 e. The summed E-state index contributed by atoms with van der Waals surface area (Å²) in [6.45, 7) is 2.12. The number of quaternary nitrogens is 1. The van der Waals surface area contributed by atoms with E-state index in [1.165, 1.54) is 4.90 Å². The number of methoxy groups -OCH3 is 1. The molecule has 0 saturated carbocycles. The fourth-order valence-electron chi connectivity index (χ4n) is 2.77. The molecule has 0 radical (unpaired) electrons. The van der Waals surface area contributed by atoms with Gasteiger partial charge in [0.1, 0.15) is 36.8 Å². The van der Waals surface area contributed by atoms with Gasteiger partial charge in [-0.05, 0) is 36.4 Å². The van der Waals surface area contributed by atoms with Gasteiger partial charge in [0.2, 0.25) is 0 Å². The number of hydrogen-bond donors (Lipinski definition) is 1. The Bertz CT molecular complexity index is 937. The summed E-state index contributed by atoms with van der Waals surface area (Å²) in [5, 5.41) is 0.929. The second kappa shape index (κ2) is 8.38. The highest BCUT2D eigenvalue weighted by Crippen LogP contribution is 2.22. The lowest BCUT2D eigenvalue weighted by Gasteiger charge is -2.15. The Balaban J connectivity index is 1.66. The quantitative estimate of drug-likeness (QED) is 0.599. The highest BCUT2D eigenvalue weighted by atomic mass is 79.9. The Hall–Kier alpha value is -2.31. The first-order valence-electron chi connectivity index (χ1n) is 8.35. The standard InChI is InChI=1S/C20H20BrNO4/c1-22(9-10-25-16-5-3-15(21)4-6-16)13-14-11-20(23)26-19-12-17(24-2)7-8-18(14)19/h3-8,11-12H,9-10,13H2,1-2H3/p+1. The van der Waals surface area contributed by atoms with Crippen LogP contribution in [0.4, 0.5) is 0 Å². The van der Waals surface area contributed by atoms with Gasteiger partial charge in [0, 0.05) is 27.6 Å². The van der Waals surface area contributed by atoms with E-state index in [2.05, 4.69) is 23.0 Å². The van der Waals surface area contributed by atoms with Gasteiger partial charge in [0.25, 0.3) is 0 Å². The molecule has 0 aliphatic carbocycles. The third kappa shape index (κ3) is 4.65. The van der Waals surface area contributed by atoms with E-state index in [1.807, 2.05) is 36.4 Å². The number of ether oxygens (including phenoxy) is 2. The van der Waals surface area contributed by atoms with E-state index in [0.717, 1.165) is 27.7 Å². The Morgan fingerprint density at radius 1 is 1.08 bits per heavy atom. The summed E-state index contributed by atoms with van der Waals surface area (Å²) < 4.78 is 17.3. The summed E-state index contributed by atoms with van der Waals surface area (Å²) in [6, 6.07) is 14.9. The van der Waals surface area contributed by atoms with Crippen LogP contribution in [0.25, 0.3) is 11.0 Å². The topological polar surface area (TPSA) is 53.1 Å². The van der Waals surface area contributed by atoms with Crippen molar-refractivity contribution in [1.82, 2.24) is 0 Å². The maximum absolute atomic E-state index is 11.9. The molecule has 0 bridgehead atoms. The van der Waals surface area contributed by atoms with Crippen molar-refractivity contribution in [3.63, 3.8) is 0 Å². The molecule has 0 amide bonds. The predicted molar refractivity (Wildman–Crippen MR) is 104 cm³/mol. The van der Waals surface area contributed by atoms with E-state index in [9.17, 15) is 4.79 Å². The van der Waals surface area contributed by atoms with E-state index in [4.69, 9.17) is 13.9 Å². The molecule has 2 aromatic carbocycles. The normalized spacial score (nSPS) is 12.1. The van der Waals surface area contributed by atoms with E-state index in [0.29, 0.717) is 24.5 Å². The van der Waals surface area contributed by atoms with E-state index >= 15 is 0 Å². The van der Waals surface area contributed by atoms with Crippen LogP contribution in [0.5, 0.6) is 11.5 Å². The predicted octanol–water partition coefficient (Wildman–Crippen LogP) is 2.66. The van der Waals surface area contributed by atoms with E-state index in [-0.39, 0.29) is 5.63 Å². The van der Waals surface area contributed by atoms with Crippen LogP contribution >= 0.6 is 15.9 Å². The molecule has 0 fully saturated rings. The van der Waals surface area contributed by atoms with Gasteiger partial charge in [-0.25, -0.2) is 4.79 Å². The zero-order valence-corrected chi connectivity index (χ0v) is 16.3. The molecule has 3 aromatic rings. The second-order valence-corrected chi connectivity index (χ2v) is 7.05. The van der Waals surface area contributed by atoms with Crippen LogP contribution < -0.4 is 20.0 Å². The number of likely N-dealkylation sites (N-methyl/N-ethyl adjacent to an activating group) is 1. The molecule has 1 unspecified atom stereocenters. The van der Waals surface area contributed by atoms with Gasteiger partial charge in [0.15, 0.2) is 0 Å². The van der Waals surface area contributed by atoms with Crippen molar-refractivity contribution in [1.29, 1.82) is 0 Å². The molecule has 3 rings (SSSR count). The Morgan fingerprint density at radius 2 is 1.81 bits per heavy atom. The molecule has 1 aromatic heterocycles. The average Bonchev–Trinajstić information content (AvgIpc) is 2.62. The third-order valence-electron chi connectivity index (χ3n) is 4.14. The highest BCUT2D eigenvalue weighted by molar-refractivity contribution is 9.10. The number of benzene rings is 2. The van der Waals surface area contributed by atoms with Crippen LogP contribution in [0.1, 0.15) is 5.56 Å². The molecule has 0 saturated heterocycles. The average molecular weight is 419 g/mol. The van der Waals surface area contributed by atoms with Crippen molar-refractivity contribution in [2.45, 2.75) is 6.54 Å². The van der Waals surface area contributed by atoms with Crippen LogP contribution in [-0.4, -0.2) is 27.3 Å². The minimum absolute atomic E-state index is 0.348. The van der Waals surface area contributed by atoms with E-state index in [1.54, 1.807) is 19.2 Å². The Kier molecular flexibility index (Phi) is 5.96. The van der Waals surface area contributed by atoms with Crippen molar-refractivity contribution in [2.75, 3.05) is 27.3 Å². The van der Waals surface area contributed by atoms with Crippen molar-refractivity contribution in [3.05, 3.63) is 69.0 Å². The zero-order valence-electron chi connectivity index (χ0n) is 14.8. The summed E-state index contributed by atoms with van der Waals surface area (Å²) >= 11 is 3.41. The molecule has 1 N–H and O–H groups in total. The zero-order chi connectivity index (χ0) is 18.5. The number of hydrogen-bond acceptors (Lipinski definition) is 4. The number of fused-ring (bicyclic) bond motifs is 1. The van der Waals surface area contributed by atoms with Gasteiger partial charge in [-0.15, -0.1) is 0 Å². The Labute approximate surface area is 160 Å². The van der Waals surface area contributed by atoms with Gasteiger partial charge in [-0.2, -0.15) is 0 Å².